The van der Waals surface area contributed by atoms with Gasteiger partial charge in [0.15, 0.2) is 5.76 Å². The lowest BCUT2D eigenvalue weighted by molar-refractivity contribution is 0.0992. The van der Waals surface area contributed by atoms with E-state index in [1.54, 1.807) is 36.2 Å². The Kier molecular flexibility index (Phi) is 5.78. The van der Waals surface area contributed by atoms with Gasteiger partial charge in [0.2, 0.25) is 0 Å². The number of ether oxygens (including phenoxy) is 1. The fourth-order valence-electron chi connectivity index (χ4n) is 2.03. The highest BCUT2D eigenvalue weighted by Gasteiger charge is 2.12. The summed E-state index contributed by atoms with van der Waals surface area (Å²) in [5.74, 6) is 1.20. The quantitative estimate of drug-likeness (QED) is 0.571. The first-order chi connectivity index (χ1) is 12.1. The van der Waals surface area contributed by atoms with Crippen molar-refractivity contribution in [3.63, 3.8) is 0 Å². The SMILES string of the molecule is CSc1ccc(NC(=O)c2ccc(COc3ccc(Br)cc3)o2)cn1. The van der Waals surface area contributed by atoms with Crippen molar-refractivity contribution in [3.05, 3.63) is 70.7 Å². The Hall–Kier alpha value is -2.25. The average Bonchev–Trinajstić information content (AvgIpc) is 3.11. The Morgan fingerprint density at radius 2 is 2.00 bits per heavy atom. The zero-order chi connectivity index (χ0) is 17.6. The second-order valence-corrected chi connectivity index (χ2v) is 6.79. The van der Waals surface area contributed by atoms with Gasteiger partial charge in [-0.15, -0.1) is 11.8 Å². The van der Waals surface area contributed by atoms with E-state index < -0.39 is 0 Å². The van der Waals surface area contributed by atoms with Gasteiger partial charge in [-0.3, -0.25) is 4.79 Å². The fourth-order valence-corrected chi connectivity index (χ4v) is 2.66. The second-order valence-electron chi connectivity index (χ2n) is 5.05. The summed E-state index contributed by atoms with van der Waals surface area (Å²) >= 11 is 4.91. The van der Waals surface area contributed by atoms with Crippen molar-refractivity contribution in [1.82, 2.24) is 4.98 Å². The van der Waals surface area contributed by atoms with Gasteiger partial charge in [-0.25, -0.2) is 4.98 Å². The van der Waals surface area contributed by atoms with E-state index in [0.29, 0.717) is 11.4 Å². The lowest BCUT2D eigenvalue weighted by Crippen LogP contribution is -2.11. The molecule has 3 rings (SSSR count). The van der Waals surface area contributed by atoms with Crippen LogP contribution in [-0.2, 0) is 6.61 Å². The molecule has 7 heteroatoms. The van der Waals surface area contributed by atoms with E-state index in [4.69, 9.17) is 9.15 Å². The molecular weight excluding hydrogens is 404 g/mol. The number of thioether (sulfide) groups is 1. The standard InChI is InChI=1S/C18H15BrN2O3S/c1-25-17-9-4-13(10-20-17)21-18(22)16-8-7-15(24-16)11-23-14-5-2-12(19)3-6-14/h2-10H,11H2,1H3,(H,21,22). The Balaban J connectivity index is 1.58. The van der Waals surface area contributed by atoms with Crippen LogP contribution in [0.2, 0.25) is 0 Å². The predicted octanol–water partition coefficient (Wildman–Crippen LogP) is 4.99. The van der Waals surface area contributed by atoms with E-state index in [2.05, 4.69) is 26.2 Å². The van der Waals surface area contributed by atoms with Gasteiger partial charge in [0.05, 0.1) is 16.9 Å². The largest absolute Gasteiger partial charge is 0.486 e. The molecule has 0 spiro atoms. The first kappa shape index (κ1) is 17.6. The third-order valence-electron chi connectivity index (χ3n) is 3.28. The third-order valence-corrected chi connectivity index (χ3v) is 4.47. The number of amides is 1. The third kappa shape index (κ3) is 4.87. The van der Waals surface area contributed by atoms with E-state index in [0.717, 1.165) is 15.2 Å². The summed E-state index contributed by atoms with van der Waals surface area (Å²) < 4.78 is 12.1. The number of anilines is 1. The maximum Gasteiger partial charge on any atom is 0.291 e. The van der Waals surface area contributed by atoms with Crippen LogP contribution in [0.25, 0.3) is 0 Å². The molecule has 0 saturated heterocycles. The number of rotatable bonds is 6. The average molecular weight is 419 g/mol. The van der Waals surface area contributed by atoms with E-state index in [-0.39, 0.29) is 18.3 Å². The monoisotopic (exact) mass is 418 g/mol. The first-order valence-corrected chi connectivity index (χ1v) is 9.44. The molecular formula is C18H15BrN2O3S. The molecule has 1 amide bonds. The topological polar surface area (TPSA) is 64.4 Å². The van der Waals surface area contributed by atoms with Crippen molar-refractivity contribution in [1.29, 1.82) is 0 Å². The van der Waals surface area contributed by atoms with Gasteiger partial charge in [-0.2, -0.15) is 0 Å². The summed E-state index contributed by atoms with van der Waals surface area (Å²) in [6.07, 6.45) is 3.56. The lowest BCUT2D eigenvalue weighted by atomic mass is 10.3. The molecule has 0 bridgehead atoms. The van der Waals surface area contributed by atoms with Gasteiger partial charge in [-0.1, -0.05) is 15.9 Å². The van der Waals surface area contributed by atoms with Crippen molar-refractivity contribution in [2.24, 2.45) is 0 Å². The number of carbonyl (C=O) groups is 1. The van der Waals surface area contributed by atoms with Crippen molar-refractivity contribution in [3.8, 4) is 5.75 Å². The molecule has 0 aliphatic rings. The number of benzene rings is 1. The second kappa shape index (κ2) is 8.22. The zero-order valence-corrected chi connectivity index (χ0v) is 15.8. The molecule has 0 saturated carbocycles. The molecule has 1 N–H and O–H groups in total. The normalized spacial score (nSPS) is 10.5. The molecule has 3 aromatic rings. The number of aromatic nitrogens is 1. The molecule has 1 aromatic carbocycles. The number of nitrogens with zero attached hydrogens (tertiary/aromatic N) is 1. The van der Waals surface area contributed by atoms with Crippen molar-refractivity contribution in [2.75, 3.05) is 11.6 Å². The van der Waals surface area contributed by atoms with Crippen LogP contribution in [0.1, 0.15) is 16.3 Å². The highest BCUT2D eigenvalue weighted by Crippen LogP contribution is 2.19. The lowest BCUT2D eigenvalue weighted by Gasteiger charge is -2.05. The zero-order valence-electron chi connectivity index (χ0n) is 13.4. The maximum absolute atomic E-state index is 12.2. The van der Waals surface area contributed by atoms with Gasteiger partial charge >= 0.3 is 0 Å². The molecule has 0 atom stereocenters. The van der Waals surface area contributed by atoms with Gasteiger partial charge in [0.25, 0.3) is 5.91 Å². The van der Waals surface area contributed by atoms with Crippen LogP contribution in [0.4, 0.5) is 5.69 Å². The summed E-state index contributed by atoms with van der Waals surface area (Å²) in [5.41, 5.74) is 0.617. The van der Waals surface area contributed by atoms with Crippen molar-refractivity contribution < 1.29 is 13.9 Å². The van der Waals surface area contributed by atoms with Crippen LogP contribution in [0, 0.1) is 0 Å². The molecule has 0 radical (unpaired) electrons. The molecule has 128 valence electrons. The summed E-state index contributed by atoms with van der Waals surface area (Å²) in [5, 5.41) is 3.64. The molecule has 25 heavy (non-hydrogen) atoms. The van der Waals surface area contributed by atoms with Crippen LogP contribution in [0.15, 0.2) is 68.6 Å². The summed E-state index contributed by atoms with van der Waals surface area (Å²) in [6, 6.07) is 14.5. The van der Waals surface area contributed by atoms with E-state index in [9.17, 15) is 4.79 Å². The minimum atomic E-state index is -0.325. The van der Waals surface area contributed by atoms with Crippen LogP contribution >= 0.6 is 27.7 Å². The molecule has 0 fully saturated rings. The van der Waals surface area contributed by atoms with E-state index in [1.165, 1.54) is 0 Å². The highest BCUT2D eigenvalue weighted by molar-refractivity contribution is 9.10. The first-order valence-electron chi connectivity index (χ1n) is 7.42. The van der Waals surface area contributed by atoms with Gasteiger partial charge in [0, 0.05) is 4.47 Å². The molecule has 0 aliphatic carbocycles. The summed E-state index contributed by atoms with van der Waals surface area (Å²) in [6.45, 7) is 0.249. The molecule has 5 nitrogen and oxygen atoms in total. The van der Waals surface area contributed by atoms with Crippen LogP contribution in [0.5, 0.6) is 5.75 Å². The summed E-state index contributed by atoms with van der Waals surface area (Å²) in [7, 11) is 0. The summed E-state index contributed by atoms with van der Waals surface area (Å²) in [4.78, 5) is 16.4. The van der Waals surface area contributed by atoms with Gasteiger partial charge in [0.1, 0.15) is 18.1 Å². The highest BCUT2D eigenvalue weighted by atomic mass is 79.9. The Labute approximate surface area is 157 Å². The van der Waals surface area contributed by atoms with Crippen molar-refractivity contribution >= 4 is 39.3 Å². The van der Waals surface area contributed by atoms with E-state index in [1.807, 2.05) is 36.6 Å². The Morgan fingerprint density at radius 3 is 2.68 bits per heavy atom. The van der Waals surface area contributed by atoms with Crippen LogP contribution < -0.4 is 10.1 Å². The maximum atomic E-state index is 12.2. The number of carbonyl (C=O) groups excluding carboxylic acids is 1. The minimum Gasteiger partial charge on any atom is -0.486 e. The Bertz CT molecular complexity index is 848. The Morgan fingerprint density at radius 1 is 1.20 bits per heavy atom. The van der Waals surface area contributed by atoms with Gasteiger partial charge < -0.3 is 14.5 Å². The van der Waals surface area contributed by atoms with Gasteiger partial charge in [-0.05, 0) is 54.8 Å². The molecule has 2 heterocycles. The molecule has 0 unspecified atom stereocenters. The minimum absolute atomic E-state index is 0.225. The number of pyridine rings is 1. The van der Waals surface area contributed by atoms with Crippen LogP contribution in [-0.4, -0.2) is 17.1 Å². The van der Waals surface area contributed by atoms with E-state index >= 15 is 0 Å². The number of hydrogen-bond acceptors (Lipinski definition) is 5. The van der Waals surface area contributed by atoms with Crippen molar-refractivity contribution in [2.45, 2.75) is 11.6 Å². The smallest absolute Gasteiger partial charge is 0.291 e. The number of halogens is 1. The molecule has 0 aliphatic heterocycles. The number of nitrogens with one attached hydrogen (secondary N) is 1. The van der Waals surface area contributed by atoms with Crippen LogP contribution in [0.3, 0.4) is 0 Å². The number of hydrogen-bond donors (Lipinski definition) is 1. The number of furan rings is 1. The predicted molar refractivity (Wildman–Crippen MR) is 101 cm³/mol. The molecule has 2 aromatic heterocycles. The fraction of sp³-hybridized carbons (Fsp3) is 0.111.